The molecule has 0 saturated heterocycles. The van der Waals surface area contributed by atoms with E-state index in [2.05, 4.69) is 21.2 Å². The topological polar surface area (TPSA) is 38.3 Å². The molecule has 1 N–H and O–H groups in total. The summed E-state index contributed by atoms with van der Waals surface area (Å²) in [6.07, 6.45) is 0.913. The maximum atomic E-state index is 11.3. The molecule has 1 rings (SSSR count). The van der Waals surface area contributed by atoms with Gasteiger partial charge < -0.3 is 10.1 Å². The maximum Gasteiger partial charge on any atom is 0.257 e. The summed E-state index contributed by atoms with van der Waals surface area (Å²) in [7, 11) is 0. The van der Waals surface area contributed by atoms with Crippen molar-refractivity contribution in [3.63, 3.8) is 0 Å². The standard InChI is InChI=1S/C11H13BrClNO2/c1-2-5-14-11(15)7-16-10-4-3-8(13)6-9(10)12/h3-4,6H,2,5,7H2,1H3,(H,14,15). The van der Waals surface area contributed by atoms with Crippen LogP contribution in [-0.2, 0) is 4.79 Å². The van der Waals surface area contributed by atoms with Crippen LogP contribution in [0.4, 0.5) is 0 Å². The summed E-state index contributed by atoms with van der Waals surface area (Å²) in [5.41, 5.74) is 0. The van der Waals surface area contributed by atoms with Gasteiger partial charge in [-0.1, -0.05) is 18.5 Å². The first-order valence-electron chi connectivity index (χ1n) is 4.98. The average Bonchev–Trinajstić information content (AvgIpc) is 2.25. The molecule has 1 aromatic carbocycles. The summed E-state index contributed by atoms with van der Waals surface area (Å²) < 4.78 is 6.07. The van der Waals surface area contributed by atoms with Gasteiger partial charge >= 0.3 is 0 Å². The zero-order valence-corrected chi connectivity index (χ0v) is 11.3. The van der Waals surface area contributed by atoms with Gasteiger partial charge in [0.2, 0.25) is 0 Å². The minimum atomic E-state index is -0.122. The number of benzene rings is 1. The summed E-state index contributed by atoms with van der Waals surface area (Å²) in [4.78, 5) is 11.3. The monoisotopic (exact) mass is 305 g/mol. The third-order valence-electron chi connectivity index (χ3n) is 1.82. The third-order valence-corrected chi connectivity index (χ3v) is 2.68. The van der Waals surface area contributed by atoms with Crippen LogP contribution in [0.25, 0.3) is 0 Å². The number of carbonyl (C=O) groups excluding carboxylic acids is 1. The highest BCUT2D eigenvalue weighted by Crippen LogP contribution is 2.27. The van der Waals surface area contributed by atoms with E-state index in [1.807, 2.05) is 6.92 Å². The molecule has 3 nitrogen and oxygen atoms in total. The van der Waals surface area contributed by atoms with E-state index in [0.29, 0.717) is 17.3 Å². The molecule has 0 bridgehead atoms. The van der Waals surface area contributed by atoms with Gasteiger partial charge in [0, 0.05) is 11.6 Å². The van der Waals surface area contributed by atoms with Crippen LogP contribution in [0.3, 0.4) is 0 Å². The van der Waals surface area contributed by atoms with Crippen molar-refractivity contribution in [3.05, 3.63) is 27.7 Å². The zero-order valence-electron chi connectivity index (χ0n) is 8.93. The van der Waals surface area contributed by atoms with Crippen molar-refractivity contribution in [2.45, 2.75) is 13.3 Å². The maximum absolute atomic E-state index is 11.3. The number of amides is 1. The van der Waals surface area contributed by atoms with E-state index >= 15 is 0 Å². The molecule has 0 aliphatic carbocycles. The van der Waals surface area contributed by atoms with Gasteiger partial charge in [0.1, 0.15) is 5.75 Å². The molecule has 0 heterocycles. The van der Waals surface area contributed by atoms with E-state index in [4.69, 9.17) is 16.3 Å². The molecule has 0 spiro atoms. The first-order chi connectivity index (χ1) is 7.63. The highest BCUT2D eigenvalue weighted by Gasteiger charge is 2.05. The van der Waals surface area contributed by atoms with Gasteiger partial charge in [-0.05, 0) is 40.5 Å². The Morgan fingerprint density at radius 2 is 2.31 bits per heavy atom. The lowest BCUT2D eigenvalue weighted by molar-refractivity contribution is -0.123. The third kappa shape index (κ3) is 4.41. The van der Waals surface area contributed by atoms with E-state index in [1.165, 1.54) is 0 Å². The van der Waals surface area contributed by atoms with Crippen molar-refractivity contribution in [1.29, 1.82) is 0 Å². The second-order valence-corrected chi connectivity index (χ2v) is 4.50. The Kier molecular flexibility index (Phi) is 5.63. The molecule has 0 aromatic heterocycles. The normalized spacial score (nSPS) is 9.94. The molecule has 0 atom stereocenters. The quantitative estimate of drug-likeness (QED) is 0.908. The second-order valence-electron chi connectivity index (χ2n) is 3.21. The molecule has 0 aliphatic heterocycles. The van der Waals surface area contributed by atoms with Crippen LogP contribution in [0.2, 0.25) is 5.02 Å². The first kappa shape index (κ1) is 13.3. The number of rotatable bonds is 5. The summed E-state index contributed by atoms with van der Waals surface area (Å²) >= 11 is 9.09. The minimum Gasteiger partial charge on any atom is -0.483 e. The number of hydrogen-bond acceptors (Lipinski definition) is 2. The molecular formula is C11H13BrClNO2. The predicted molar refractivity (Wildman–Crippen MR) is 67.9 cm³/mol. The van der Waals surface area contributed by atoms with Gasteiger partial charge in [-0.2, -0.15) is 0 Å². The molecule has 1 amide bonds. The summed E-state index contributed by atoms with van der Waals surface area (Å²) in [5, 5.41) is 3.35. The largest absolute Gasteiger partial charge is 0.483 e. The molecule has 0 radical (unpaired) electrons. The first-order valence-corrected chi connectivity index (χ1v) is 6.15. The van der Waals surface area contributed by atoms with Crippen molar-refractivity contribution in [1.82, 2.24) is 5.32 Å². The number of ether oxygens (including phenoxy) is 1. The number of carbonyl (C=O) groups is 1. The molecule has 5 heteroatoms. The minimum absolute atomic E-state index is 0.0141. The van der Waals surface area contributed by atoms with E-state index in [-0.39, 0.29) is 12.5 Å². The van der Waals surface area contributed by atoms with E-state index in [9.17, 15) is 4.79 Å². The Labute approximate surface area is 108 Å². The highest BCUT2D eigenvalue weighted by atomic mass is 79.9. The Bertz CT molecular complexity index is 371. The Morgan fingerprint density at radius 1 is 1.56 bits per heavy atom. The lowest BCUT2D eigenvalue weighted by atomic mass is 10.3. The molecule has 0 fully saturated rings. The average molecular weight is 307 g/mol. The Balaban J connectivity index is 2.45. The van der Waals surface area contributed by atoms with Crippen molar-refractivity contribution in [2.75, 3.05) is 13.2 Å². The van der Waals surface area contributed by atoms with Crippen molar-refractivity contribution in [2.24, 2.45) is 0 Å². The zero-order chi connectivity index (χ0) is 12.0. The molecule has 16 heavy (non-hydrogen) atoms. The van der Waals surface area contributed by atoms with Gasteiger partial charge in [0.05, 0.1) is 4.47 Å². The fraction of sp³-hybridized carbons (Fsp3) is 0.364. The molecule has 0 unspecified atom stereocenters. The van der Waals surface area contributed by atoms with Crippen LogP contribution in [0.5, 0.6) is 5.75 Å². The van der Waals surface area contributed by atoms with Crippen LogP contribution in [-0.4, -0.2) is 19.1 Å². The summed E-state index contributed by atoms with van der Waals surface area (Å²) in [6, 6.07) is 5.16. The van der Waals surface area contributed by atoms with E-state index in [0.717, 1.165) is 10.9 Å². The van der Waals surface area contributed by atoms with Crippen molar-refractivity contribution in [3.8, 4) is 5.75 Å². The lowest BCUT2D eigenvalue weighted by Gasteiger charge is -2.08. The summed E-state index contributed by atoms with van der Waals surface area (Å²) in [6.45, 7) is 2.68. The SMILES string of the molecule is CCCNC(=O)COc1ccc(Cl)cc1Br. The Hall–Kier alpha value is -0.740. The van der Waals surface area contributed by atoms with Gasteiger partial charge in [0.25, 0.3) is 5.91 Å². The lowest BCUT2D eigenvalue weighted by Crippen LogP contribution is -2.29. The van der Waals surface area contributed by atoms with Crippen LogP contribution in [0.15, 0.2) is 22.7 Å². The number of hydrogen-bond donors (Lipinski definition) is 1. The fourth-order valence-corrected chi connectivity index (χ4v) is 1.85. The van der Waals surface area contributed by atoms with Crippen LogP contribution >= 0.6 is 27.5 Å². The predicted octanol–water partition coefficient (Wildman–Crippen LogP) is 3.01. The van der Waals surface area contributed by atoms with Gasteiger partial charge in [-0.3, -0.25) is 4.79 Å². The molecular weight excluding hydrogens is 293 g/mol. The van der Waals surface area contributed by atoms with Gasteiger partial charge in [-0.15, -0.1) is 0 Å². The number of nitrogens with one attached hydrogen (secondary N) is 1. The second kappa shape index (κ2) is 6.76. The highest BCUT2D eigenvalue weighted by molar-refractivity contribution is 9.10. The van der Waals surface area contributed by atoms with Crippen LogP contribution < -0.4 is 10.1 Å². The summed E-state index contributed by atoms with van der Waals surface area (Å²) in [5.74, 6) is 0.486. The smallest absolute Gasteiger partial charge is 0.257 e. The molecule has 0 aliphatic rings. The molecule has 0 saturated carbocycles. The Morgan fingerprint density at radius 3 is 2.94 bits per heavy atom. The molecule has 88 valence electrons. The van der Waals surface area contributed by atoms with Gasteiger partial charge in [-0.25, -0.2) is 0 Å². The van der Waals surface area contributed by atoms with Crippen molar-refractivity contribution < 1.29 is 9.53 Å². The molecule has 1 aromatic rings. The van der Waals surface area contributed by atoms with E-state index in [1.54, 1.807) is 18.2 Å². The number of halogens is 2. The fourth-order valence-electron chi connectivity index (χ4n) is 1.05. The van der Waals surface area contributed by atoms with Gasteiger partial charge in [0.15, 0.2) is 6.61 Å². The van der Waals surface area contributed by atoms with Crippen LogP contribution in [0.1, 0.15) is 13.3 Å². The van der Waals surface area contributed by atoms with Crippen molar-refractivity contribution >= 4 is 33.4 Å². The van der Waals surface area contributed by atoms with E-state index < -0.39 is 0 Å². The van der Waals surface area contributed by atoms with Crippen LogP contribution in [0, 0.1) is 0 Å².